The maximum absolute atomic E-state index is 12.5. The number of nitrogens with zero attached hydrogens (tertiary/aromatic N) is 2. The zero-order valence-electron chi connectivity index (χ0n) is 16.8. The summed E-state index contributed by atoms with van der Waals surface area (Å²) in [6.45, 7) is -0.371. The minimum Gasteiger partial charge on any atom is -0.452 e. The van der Waals surface area contributed by atoms with E-state index in [1.807, 2.05) is 0 Å². The number of nitro groups is 1. The molecule has 0 aromatic heterocycles. The molecule has 0 radical (unpaired) electrons. The second-order valence-corrected chi connectivity index (χ2v) is 9.18. The number of carbonyl (C=O) groups excluding carboxylic acids is 2. The summed E-state index contributed by atoms with van der Waals surface area (Å²) in [6.07, 6.45) is 6.92. The molecule has 5 rings (SSSR count). The van der Waals surface area contributed by atoms with Crippen LogP contribution < -0.4 is 10.2 Å². The Morgan fingerprint density at radius 3 is 2.28 bits per heavy atom. The molecule has 1 aromatic rings. The Hall–Kier alpha value is -2.64. The fourth-order valence-corrected chi connectivity index (χ4v) is 5.98. The maximum Gasteiger partial charge on any atom is 0.338 e. The molecule has 0 spiro atoms. The Morgan fingerprint density at radius 1 is 1.17 bits per heavy atom. The molecular weight excluding hydrogens is 374 g/mol. The highest BCUT2D eigenvalue weighted by molar-refractivity contribution is 5.93. The number of nitro benzene ring substituents is 1. The fourth-order valence-electron chi connectivity index (χ4n) is 5.98. The molecular formula is C21H27N3O5. The van der Waals surface area contributed by atoms with Crippen molar-refractivity contribution in [2.24, 2.45) is 17.8 Å². The van der Waals surface area contributed by atoms with Gasteiger partial charge in [0, 0.05) is 25.7 Å². The number of carbonyl (C=O) groups is 2. The van der Waals surface area contributed by atoms with E-state index >= 15 is 0 Å². The summed E-state index contributed by atoms with van der Waals surface area (Å²) < 4.78 is 5.15. The Kier molecular flexibility index (Phi) is 4.96. The van der Waals surface area contributed by atoms with Crippen molar-refractivity contribution in [2.75, 3.05) is 25.6 Å². The molecule has 4 aliphatic carbocycles. The number of hydrogen-bond donors (Lipinski definition) is 1. The van der Waals surface area contributed by atoms with Gasteiger partial charge in [0.2, 0.25) is 0 Å². The van der Waals surface area contributed by atoms with Crippen LogP contribution in [0.4, 0.5) is 11.4 Å². The van der Waals surface area contributed by atoms with E-state index in [1.54, 1.807) is 19.0 Å². The minimum atomic E-state index is -0.737. The number of rotatable bonds is 6. The van der Waals surface area contributed by atoms with E-state index in [0.717, 1.165) is 19.3 Å². The predicted octanol–water partition coefficient (Wildman–Crippen LogP) is 2.90. The molecule has 156 valence electrons. The van der Waals surface area contributed by atoms with Gasteiger partial charge in [0.15, 0.2) is 6.61 Å². The van der Waals surface area contributed by atoms with Crippen LogP contribution in [0.2, 0.25) is 0 Å². The molecule has 4 fully saturated rings. The molecule has 1 N–H and O–H groups in total. The molecule has 4 aliphatic rings. The number of ether oxygens (including phenoxy) is 1. The molecule has 29 heavy (non-hydrogen) atoms. The van der Waals surface area contributed by atoms with Crippen molar-refractivity contribution < 1.29 is 19.2 Å². The molecule has 0 saturated heterocycles. The van der Waals surface area contributed by atoms with Crippen LogP contribution in [0.3, 0.4) is 0 Å². The lowest BCUT2D eigenvalue weighted by atomic mass is 9.53. The number of amides is 1. The van der Waals surface area contributed by atoms with Crippen LogP contribution in [0.15, 0.2) is 18.2 Å². The van der Waals surface area contributed by atoms with Gasteiger partial charge < -0.3 is 15.0 Å². The van der Waals surface area contributed by atoms with Gasteiger partial charge in [0.1, 0.15) is 5.69 Å². The largest absolute Gasteiger partial charge is 0.452 e. The van der Waals surface area contributed by atoms with Crippen LogP contribution in [0.1, 0.15) is 48.9 Å². The van der Waals surface area contributed by atoms with E-state index in [0.29, 0.717) is 23.4 Å². The average molecular weight is 401 g/mol. The molecule has 1 amide bonds. The van der Waals surface area contributed by atoms with Crippen LogP contribution in [0, 0.1) is 27.9 Å². The van der Waals surface area contributed by atoms with Crippen molar-refractivity contribution in [3.05, 3.63) is 33.9 Å². The first-order valence-corrected chi connectivity index (χ1v) is 10.2. The summed E-state index contributed by atoms with van der Waals surface area (Å²) >= 11 is 0. The molecule has 8 nitrogen and oxygen atoms in total. The summed E-state index contributed by atoms with van der Waals surface area (Å²) in [5, 5.41) is 14.4. The van der Waals surface area contributed by atoms with Gasteiger partial charge in [-0.05, 0) is 68.4 Å². The monoisotopic (exact) mass is 401 g/mol. The van der Waals surface area contributed by atoms with Crippen molar-refractivity contribution >= 4 is 23.3 Å². The van der Waals surface area contributed by atoms with E-state index in [1.165, 1.54) is 37.5 Å². The number of esters is 1. The van der Waals surface area contributed by atoms with Gasteiger partial charge in [-0.1, -0.05) is 0 Å². The van der Waals surface area contributed by atoms with E-state index in [-0.39, 0.29) is 29.3 Å². The lowest BCUT2D eigenvalue weighted by Gasteiger charge is -2.56. The zero-order valence-corrected chi connectivity index (χ0v) is 16.8. The summed E-state index contributed by atoms with van der Waals surface area (Å²) in [5.41, 5.74) is 0.142. The lowest BCUT2D eigenvalue weighted by Crippen LogP contribution is -2.60. The van der Waals surface area contributed by atoms with Crippen LogP contribution in [-0.2, 0) is 9.53 Å². The van der Waals surface area contributed by atoms with Crippen molar-refractivity contribution in [1.82, 2.24) is 5.32 Å². The normalized spacial score (nSPS) is 29.4. The molecule has 0 atom stereocenters. The number of hydrogen-bond acceptors (Lipinski definition) is 6. The number of benzene rings is 1. The van der Waals surface area contributed by atoms with Gasteiger partial charge in [0.05, 0.1) is 10.5 Å². The summed E-state index contributed by atoms with van der Waals surface area (Å²) in [4.78, 5) is 37.2. The fraction of sp³-hybridized carbons (Fsp3) is 0.619. The van der Waals surface area contributed by atoms with Crippen molar-refractivity contribution in [2.45, 2.75) is 44.1 Å². The molecule has 1 aromatic carbocycles. The third kappa shape index (κ3) is 3.93. The van der Waals surface area contributed by atoms with Gasteiger partial charge in [-0.3, -0.25) is 14.9 Å². The smallest absolute Gasteiger partial charge is 0.338 e. The molecule has 4 saturated carbocycles. The van der Waals surface area contributed by atoms with Gasteiger partial charge >= 0.3 is 5.97 Å². The summed E-state index contributed by atoms with van der Waals surface area (Å²) in [6, 6.07) is 4.17. The van der Waals surface area contributed by atoms with E-state index in [2.05, 4.69) is 5.32 Å². The van der Waals surface area contributed by atoms with Gasteiger partial charge in [-0.15, -0.1) is 0 Å². The van der Waals surface area contributed by atoms with Crippen LogP contribution in [-0.4, -0.2) is 43.0 Å². The maximum atomic E-state index is 12.5. The highest BCUT2D eigenvalue weighted by Crippen LogP contribution is 2.55. The zero-order chi connectivity index (χ0) is 20.8. The van der Waals surface area contributed by atoms with E-state index in [9.17, 15) is 19.7 Å². The summed E-state index contributed by atoms with van der Waals surface area (Å²) in [5.74, 6) is 1.10. The lowest BCUT2D eigenvalue weighted by molar-refractivity contribution is -0.384. The van der Waals surface area contributed by atoms with E-state index in [4.69, 9.17) is 4.74 Å². The molecule has 0 unspecified atom stereocenters. The van der Waals surface area contributed by atoms with Gasteiger partial charge in [-0.2, -0.15) is 0 Å². The molecule has 0 heterocycles. The standard InChI is InChI=1S/C21H27N3O5/c1-23(2)17-4-3-16(8-18(17)24(27)28)20(26)29-12-19(25)22-21-9-13-5-14(10-21)7-15(6-13)11-21/h3-4,8,13-15H,5-7,9-12H2,1-2H3,(H,22,25). The van der Waals surface area contributed by atoms with Gasteiger partial charge in [-0.25, -0.2) is 4.79 Å². The van der Waals surface area contributed by atoms with E-state index < -0.39 is 10.9 Å². The first-order chi connectivity index (χ1) is 13.7. The van der Waals surface area contributed by atoms with Crippen molar-refractivity contribution in [3.8, 4) is 0 Å². The predicted molar refractivity (Wildman–Crippen MR) is 107 cm³/mol. The van der Waals surface area contributed by atoms with Crippen LogP contribution in [0.5, 0.6) is 0 Å². The van der Waals surface area contributed by atoms with Crippen molar-refractivity contribution in [1.29, 1.82) is 0 Å². The molecule has 4 bridgehead atoms. The Labute approximate surface area is 169 Å². The third-order valence-electron chi connectivity index (χ3n) is 6.67. The third-order valence-corrected chi connectivity index (χ3v) is 6.67. The average Bonchev–Trinajstić information content (AvgIpc) is 2.64. The van der Waals surface area contributed by atoms with Crippen LogP contribution >= 0.6 is 0 Å². The highest BCUT2D eigenvalue weighted by Gasteiger charge is 2.51. The van der Waals surface area contributed by atoms with Gasteiger partial charge in [0.25, 0.3) is 11.6 Å². The second kappa shape index (κ2) is 7.31. The Balaban J connectivity index is 1.37. The number of nitrogens with one attached hydrogen (secondary N) is 1. The first-order valence-electron chi connectivity index (χ1n) is 10.2. The SMILES string of the molecule is CN(C)c1ccc(C(=O)OCC(=O)NC23CC4CC(CC(C4)C2)C3)cc1[N+](=O)[O-]. The summed E-state index contributed by atoms with van der Waals surface area (Å²) in [7, 11) is 3.38. The Bertz CT molecular complexity index is 815. The highest BCUT2D eigenvalue weighted by atomic mass is 16.6. The second-order valence-electron chi connectivity index (χ2n) is 9.18. The quantitative estimate of drug-likeness (QED) is 0.447. The molecule has 8 heteroatoms. The number of anilines is 1. The first kappa shape index (κ1) is 19.7. The minimum absolute atomic E-state index is 0.0601. The Morgan fingerprint density at radius 2 is 1.76 bits per heavy atom. The van der Waals surface area contributed by atoms with Crippen LogP contribution in [0.25, 0.3) is 0 Å². The molecule has 0 aliphatic heterocycles. The topological polar surface area (TPSA) is 102 Å². The van der Waals surface area contributed by atoms with Crippen molar-refractivity contribution in [3.63, 3.8) is 0 Å².